The van der Waals surface area contributed by atoms with Gasteiger partial charge in [0.1, 0.15) is 0 Å². The SMILES string of the molecule is CC.CCOC(=O)c1cc(NC(=O)c2cccc(C(C)(C)C#N)c2)ccc1C. The predicted molar refractivity (Wildman–Crippen MR) is 112 cm³/mol. The topological polar surface area (TPSA) is 79.2 Å². The number of ether oxygens (including phenoxy) is 1. The van der Waals surface area contributed by atoms with Crippen molar-refractivity contribution in [1.29, 1.82) is 5.26 Å². The number of carbonyl (C=O) groups excluding carboxylic acids is 2. The van der Waals surface area contributed by atoms with Gasteiger partial charge in [0.15, 0.2) is 0 Å². The fraction of sp³-hybridized carbons (Fsp3) is 0.348. The first-order valence-corrected chi connectivity index (χ1v) is 9.39. The molecule has 5 heteroatoms. The number of amides is 1. The fourth-order valence-corrected chi connectivity index (χ4v) is 2.45. The largest absolute Gasteiger partial charge is 0.462 e. The summed E-state index contributed by atoms with van der Waals surface area (Å²) in [7, 11) is 0. The molecule has 0 aliphatic carbocycles. The summed E-state index contributed by atoms with van der Waals surface area (Å²) in [6.07, 6.45) is 0. The van der Waals surface area contributed by atoms with Crippen LogP contribution in [0.4, 0.5) is 5.69 Å². The Morgan fingerprint density at radius 2 is 1.82 bits per heavy atom. The molecule has 28 heavy (non-hydrogen) atoms. The number of nitrogens with zero attached hydrogens (tertiary/aromatic N) is 1. The summed E-state index contributed by atoms with van der Waals surface area (Å²) in [5.41, 5.74) is 2.24. The van der Waals surface area contributed by atoms with Gasteiger partial charge in [0.2, 0.25) is 0 Å². The van der Waals surface area contributed by atoms with Gasteiger partial charge in [-0.3, -0.25) is 4.79 Å². The summed E-state index contributed by atoms with van der Waals surface area (Å²) in [6, 6.07) is 14.3. The molecule has 1 amide bonds. The molecule has 0 unspecified atom stereocenters. The van der Waals surface area contributed by atoms with Crippen LogP contribution in [0.5, 0.6) is 0 Å². The van der Waals surface area contributed by atoms with E-state index in [1.807, 2.05) is 26.8 Å². The summed E-state index contributed by atoms with van der Waals surface area (Å²) in [6.45, 7) is 11.4. The van der Waals surface area contributed by atoms with Crippen molar-refractivity contribution in [2.45, 2.75) is 47.0 Å². The molecule has 148 valence electrons. The monoisotopic (exact) mass is 380 g/mol. The highest BCUT2D eigenvalue weighted by Crippen LogP contribution is 2.23. The van der Waals surface area contributed by atoms with Crippen LogP contribution in [0.3, 0.4) is 0 Å². The van der Waals surface area contributed by atoms with Gasteiger partial charge >= 0.3 is 5.97 Å². The number of anilines is 1. The number of nitriles is 1. The Morgan fingerprint density at radius 3 is 2.43 bits per heavy atom. The lowest BCUT2D eigenvalue weighted by atomic mass is 9.85. The number of hydrogen-bond acceptors (Lipinski definition) is 4. The second kappa shape index (κ2) is 10.3. The van der Waals surface area contributed by atoms with Crippen LogP contribution in [0.1, 0.15) is 66.5 Å². The molecule has 0 radical (unpaired) electrons. The molecule has 0 heterocycles. The van der Waals surface area contributed by atoms with Crippen molar-refractivity contribution in [1.82, 2.24) is 0 Å². The Hall–Kier alpha value is -3.13. The van der Waals surface area contributed by atoms with E-state index in [0.717, 1.165) is 11.1 Å². The molecular weight excluding hydrogens is 352 g/mol. The quantitative estimate of drug-likeness (QED) is 0.718. The van der Waals surface area contributed by atoms with Gasteiger partial charge in [-0.2, -0.15) is 5.26 Å². The third-order valence-electron chi connectivity index (χ3n) is 4.12. The van der Waals surface area contributed by atoms with Crippen molar-refractivity contribution in [3.05, 3.63) is 64.7 Å². The van der Waals surface area contributed by atoms with Gasteiger partial charge in [-0.15, -0.1) is 0 Å². The second-order valence-corrected chi connectivity index (χ2v) is 6.52. The average Bonchev–Trinajstić information content (AvgIpc) is 2.71. The predicted octanol–water partition coefficient (Wildman–Crippen LogP) is 5.25. The normalized spacial score (nSPS) is 10.2. The van der Waals surface area contributed by atoms with Gasteiger partial charge < -0.3 is 10.1 Å². The van der Waals surface area contributed by atoms with Crippen molar-refractivity contribution in [3.8, 4) is 6.07 Å². The van der Waals surface area contributed by atoms with E-state index in [4.69, 9.17) is 4.74 Å². The van der Waals surface area contributed by atoms with Crippen molar-refractivity contribution in [3.63, 3.8) is 0 Å². The van der Waals surface area contributed by atoms with Gasteiger partial charge in [0.25, 0.3) is 5.91 Å². The minimum absolute atomic E-state index is 0.288. The zero-order chi connectivity index (χ0) is 21.3. The first kappa shape index (κ1) is 22.9. The Balaban J connectivity index is 0.00000190. The van der Waals surface area contributed by atoms with Crippen LogP contribution in [0.2, 0.25) is 0 Å². The van der Waals surface area contributed by atoms with E-state index in [2.05, 4.69) is 11.4 Å². The van der Waals surface area contributed by atoms with Crippen molar-refractivity contribution < 1.29 is 14.3 Å². The van der Waals surface area contributed by atoms with E-state index in [-0.39, 0.29) is 12.5 Å². The molecule has 2 rings (SSSR count). The number of aryl methyl sites for hydroxylation is 1. The molecule has 2 aromatic carbocycles. The van der Waals surface area contributed by atoms with E-state index in [0.29, 0.717) is 16.8 Å². The first-order chi connectivity index (χ1) is 13.3. The molecule has 0 fully saturated rings. The lowest BCUT2D eigenvalue weighted by molar-refractivity contribution is 0.0525. The molecule has 0 saturated heterocycles. The van der Waals surface area contributed by atoms with Gasteiger partial charge in [-0.1, -0.05) is 32.0 Å². The lowest BCUT2D eigenvalue weighted by Gasteiger charge is -2.16. The highest BCUT2D eigenvalue weighted by atomic mass is 16.5. The zero-order valence-corrected chi connectivity index (χ0v) is 17.4. The highest BCUT2D eigenvalue weighted by molar-refractivity contribution is 6.05. The summed E-state index contributed by atoms with van der Waals surface area (Å²) >= 11 is 0. The van der Waals surface area contributed by atoms with E-state index in [9.17, 15) is 14.9 Å². The number of benzene rings is 2. The van der Waals surface area contributed by atoms with Crippen LogP contribution in [0, 0.1) is 18.3 Å². The molecule has 0 bridgehead atoms. The highest BCUT2D eigenvalue weighted by Gasteiger charge is 2.21. The van der Waals surface area contributed by atoms with Crippen LogP contribution in [0.25, 0.3) is 0 Å². The minimum Gasteiger partial charge on any atom is -0.462 e. The molecule has 5 nitrogen and oxygen atoms in total. The maximum Gasteiger partial charge on any atom is 0.338 e. The number of esters is 1. The van der Waals surface area contributed by atoms with Crippen LogP contribution in [-0.2, 0) is 10.2 Å². The van der Waals surface area contributed by atoms with Crippen LogP contribution >= 0.6 is 0 Å². The number of rotatable bonds is 5. The molecule has 1 N–H and O–H groups in total. The zero-order valence-electron chi connectivity index (χ0n) is 17.4. The Bertz CT molecular complexity index is 880. The molecule has 0 aliphatic heterocycles. The third kappa shape index (κ3) is 5.68. The maximum atomic E-state index is 12.6. The van der Waals surface area contributed by atoms with Gasteiger partial charge in [-0.05, 0) is 63.1 Å². The smallest absolute Gasteiger partial charge is 0.338 e. The standard InChI is InChI=1S/C21H22N2O3.C2H6/c1-5-26-20(25)18-12-17(10-9-14(18)2)23-19(24)15-7-6-8-16(11-15)21(3,4)13-22;1-2/h6-12H,5H2,1-4H3,(H,23,24);1-2H3. The molecule has 0 saturated carbocycles. The molecule has 2 aromatic rings. The van der Waals surface area contributed by atoms with Crippen molar-refractivity contribution in [2.75, 3.05) is 11.9 Å². The van der Waals surface area contributed by atoms with E-state index < -0.39 is 11.4 Å². The second-order valence-electron chi connectivity index (χ2n) is 6.52. The third-order valence-corrected chi connectivity index (χ3v) is 4.12. The van der Waals surface area contributed by atoms with Gasteiger partial charge in [-0.25, -0.2) is 4.79 Å². The molecule has 0 aromatic heterocycles. The minimum atomic E-state index is -0.683. The van der Waals surface area contributed by atoms with Gasteiger partial charge in [0.05, 0.1) is 23.7 Å². The van der Waals surface area contributed by atoms with Crippen LogP contribution in [-0.4, -0.2) is 18.5 Å². The summed E-state index contributed by atoms with van der Waals surface area (Å²) in [5.74, 6) is -0.724. The molecular formula is C23H28N2O3. The number of nitrogens with one attached hydrogen (secondary N) is 1. The summed E-state index contributed by atoms with van der Waals surface area (Å²) in [5, 5.41) is 12.1. The first-order valence-electron chi connectivity index (χ1n) is 9.39. The summed E-state index contributed by atoms with van der Waals surface area (Å²) in [4.78, 5) is 24.6. The summed E-state index contributed by atoms with van der Waals surface area (Å²) < 4.78 is 5.04. The van der Waals surface area contributed by atoms with Crippen LogP contribution in [0.15, 0.2) is 42.5 Å². The number of hydrogen-bond donors (Lipinski definition) is 1. The van der Waals surface area contributed by atoms with E-state index >= 15 is 0 Å². The lowest BCUT2D eigenvalue weighted by Crippen LogP contribution is -2.17. The number of carbonyl (C=O) groups is 2. The van der Waals surface area contributed by atoms with Crippen LogP contribution < -0.4 is 5.32 Å². The van der Waals surface area contributed by atoms with Crippen molar-refractivity contribution >= 4 is 17.6 Å². The molecule has 0 spiro atoms. The maximum absolute atomic E-state index is 12.6. The Labute approximate surface area is 167 Å². The molecule has 0 atom stereocenters. The van der Waals surface area contributed by atoms with Crippen molar-refractivity contribution in [2.24, 2.45) is 0 Å². The van der Waals surface area contributed by atoms with Gasteiger partial charge in [0, 0.05) is 11.3 Å². The average molecular weight is 380 g/mol. The molecule has 0 aliphatic rings. The fourth-order valence-electron chi connectivity index (χ4n) is 2.45. The Kier molecular flexibility index (Phi) is 8.40. The van der Waals surface area contributed by atoms with E-state index in [1.165, 1.54) is 0 Å². The Morgan fingerprint density at radius 1 is 1.14 bits per heavy atom. The van der Waals surface area contributed by atoms with E-state index in [1.54, 1.807) is 57.2 Å².